The van der Waals surface area contributed by atoms with Crippen LogP contribution in [0.25, 0.3) is 11.3 Å². The lowest BCUT2D eigenvalue weighted by Gasteiger charge is -2.19. The van der Waals surface area contributed by atoms with Crippen LogP contribution in [-0.4, -0.2) is 10.8 Å². The summed E-state index contributed by atoms with van der Waals surface area (Å²) in [5, 5.41) is 13.8. The maximum absolute atomic E-state index is 12.9. The van der Waals surface area contributed by atoms with Crippen LogP contribution in [0.3, 0.4) is 0 Å². The number of nitro groups is 1. The second kappa shape index (κ2) is 8.45. The summed E-state index contributed by atoms with van der Waals surface area (Å²) in [4.78, 5) is 23.2. The zero-order valence-corrected chi connectivity index (χ0v) is 15.9. The highest BCUT2D eigenvalue weighted by atomic mass is 16.6. The van der Waals surface area contributed by atoms with Gasteiger partial charge in [0.05, 0.1) is 11.0 Å². The third kappa shape index (κ3) is 4.12. The number of nitro benzene ring substituents is 1. The van der Waals surface area contributed by atoms with E-state index in [9.17, 15) is 14.9 Å². The SMILES string of the molecule is O=C(NC(c1ccccc1)c1ccccc1)c1ccc(-c2ccc([N+](=O)[O-])cc2)o1. The van der Waals surface area contributed by atoms with E-state index in [4.69, 9.17) is 4.42 Å². The number of benzene rings is 3. The van der Waals surface area contributed by atoms with Crippen LogP contribution < -0.4 is 5.32 Å². The minimum atomic E-state index is -0.460. The van der Waals surface area contributed by atoms with Gasteiger partial charge in [-0.05, 0) is 35.4 Å². The zero-order valence-electron chi connectivity index (χ0n) is 15.9. The molecule has 0 atom stereocenters. The highest BCUT2D eigenvalue weighted by Gasteiger charge is 2.20. The number of carbonyl (C=O) groups is 1. The lowest BCUT2D eigenvalue weighted by Crippen LogP contribution is -2.29. The largest absolute Gasteiger partial charge is 0.451 e. The van der Waals surface area contributed by atoms with Crippen molar-refractivity contribution in [1.82, 2.24) is 5.32 Å². The lowest BCUT2D eigenvalue weighted by molar-refractivity contribution is -0.384. The van der Waals surface area contributed by atoms with Crippen LogP contribution in [0.1, 0.15) is 27.7 Å². The van der Waals surface area contributed by atoms with E-state index in [0.717, 1.165) is 11.1 Å². The van der Waals surface area contributed by atoms with Gasteiger partial charge in [-0.15, -0.1) is 0 Å². The number of rotatable bonds is 6. The molecule has 0 saturated carbocycles. The fraction of sp³-hybridized carbons (Fsp3) is 0.0417. The third-order valence-corrected chi connectivity index (χ3v) is 4.73. The van der Waals surface area contributed by atoms with Gasteiger partial charge in [0.15, 0.2) is 5.76 Å². The average Bonchev–Trinajstić information content (AvgIpc) is 3.29. The molecule has 1 aromatic heterocycles. The van der Waals surface area contributed by atoms with Crippen molar-refractivity contribution in [2.24, 2.45) is 0 Å². The number of nitrogens with one attached hydrogen (secondary N) is 1. The first-order valence-corrected chi connectivity index (χ1v) is 9.37. The first kappa shape index (κ1) is 19.1. The standard InChI is InChI=1S/C24H18N2O4/c27-24(22-16-15-21(30-22)17-11-13-20(14-12-17)26(28)29)25-23(18-7-3-1-4-8-18)19-9-5-2-6-10-19/h1-16,23H,(H,25,27). The topological polar surface area (TPSA) is 85.4 Å². The maximum atomic E-state index is 12.9. The number of non-ortho nitro benzene ring substituents is 1. The maximum Gasteiger partial charge on any atom is 0.287 e. The molecule has 0 radical (unpaired) electrons. The van der Waals surface area contributed by atoms with E-state index in [1.165, 1.54) is 12.1 Å². The Bertz CT molecular complexity index is 1110. The monoisotopic (exact) mass is 398 g/mol. The molecule has 0 aliphatic rings. The first-order chi connectivity index (χ1) is 14.6. The zero-order chi connectivity index (χ0) is 20.9. The molecule has 0 spiro atoms. The van der Waals surface area contributed by atoms with Crippen molar-refractivity contribution in [2.75, 3.05) is 0 Å². The summed E-state index contributed by atoms with van der Waals surface area (Å²) in [6.07, 6.45) is 0. The Hall–Kier alpha value is -4.19. The molecule has 4 aromatic rings. The average molecular weight is 398 g/mol. The van der Waals surface area contributed by atoms with Crippen molar-refractivity contribution in [3.8, 4) is 11.3 Å². The molecule has 0 aliphatic carbocycles. The van der Waals surface area contributed by atoms with Crippen molar-refractivity contribution in [3.63, 3.8) is 0 Å². The molecular weight excluding hydrogens is 380 g/mol. The highest BCUT2D eigenvalue weighted by molar-refractivity contribution is 5.92. The Kier molecular flexibility index (Phi) is 5.39. The van der Waals surface area contributed by atoms with Crippen LogP contribution in [0, 0.1) is 10.1 Å². The van der Waals surface area contributed by atoms with Crippen LogP contribution in [0.5, 0.6) is 0 Å². The molecule has 0 unspecified atom stereocenters. The predicted molar refractivity (Wildman–Crippen MR) is 113 cm³/mol. The second-order valence-corrected chi connectivity index (χ2v) is 6.70. The lowest BCUT2D eigenvalue weighted by atomic mass is 9.98. The molecule has 1 amide bonds. The Labute approximate surface area is 172 Å². The number of hydrogen-bond acceptors (Lipinski definition) is 4. The minimum absolute atomic E-state index is 0.00293. The van der Waals surface area contributed by atoms with Crippen LogP contribution in [0.15, 0.2) is 101 Å². The van der Waals surface area contributed by atoms with Gasteiger partial charge in [0.1, 0.15) is 5.76 Å². The van der Waals surface area contributed by atoms with E-state index in [1.807, 2.05) is 60.7 Å². The van der Waals surface area contributed by atoms with E-state index in [0.29, 0.717) is 11.3 Å². The molecule has 0 saturated heterocycles. The molecule has 148 valence electrons. The van der Waals surface area contributed by atoms with Gasteiger partial charge >= 0.3 is 0 Å². The molecule has 1 heterocycles. The Morgan fingerprint density at radius 1 is 0.800 bits per heavy atom. The fourth-order valence-corrected chi connectivity index (χ4v) is 3.21. The first-order valence-electron chi connectivity index (χ1n) is 9.37. The van der Waals surface area contributed by atoms with Crippen molar-refractivity contribution in [3.05, 3.63) is 124 Å². The van der Waals surface area contributed by atoms with E-state index >= 15 is 0 Å². The molecule has 0 bridgehead atoms. The normalized spacial score (nSPS) is 10.7. The summed E-state index contributed by atoms with van der Waals surface area (Å²) < 4.78 is 5.72. The highest BCUT2D eigenvalue weighted by Crippen LogP contribution is 2.26. The second-order valence-electron chi connectivity index (χ2n) is 6.70. The van der Waals surface area contributed by atoms with Gasteiger partial charge in [0, 0.05) is 17.7 Å². The van der Waals surface area contributed by atoms with Crippen LogP contribution in [0.2, 0.25) is 0 Å². The molecule has 4 rings (SSSR count). The summed E-state index contributed by atoms with van der Waals surface area (Å²) in [6, 6.07) is 28.3. The van der Waals surface area contributed by atoms with Crippen molar-refractivity contribution >= 4 is 11.6 Å². The van der Waals surface area contributed by atoms with E-state index in [2.05, 4.69) is 5.32 Å². The Balaban J connectivity index is 1.57. The smallest absolute Gasteiger partial charge is 0.287 e. The number of furan rings is 1. The number of nitrogens with zero attached hydrogens (tertiary/aromatic N) is 1. The summed E-state index contributed by atoms with van der Waals surface area (Å²) in [7, 11) is 0. The van der Waals surface area contributed by atoms with E-state index in [-0.39, 0.29) is 23.4 Å². The van der Waals surface area contributed by atoms with Gasteiger partial charge in [-0.3, -0.25) is 14.9 Å². The summed E-state index contributed by atoms with van der Waals surface area (Å²) >= 11 is 0. The fourth-order valence-electron chi connectivity index (χ4n) is 3.21. The van der Waals surface area contributed by atoms with Gasteiger partial charge in [-0.2, -0.15) is 0 Å². The van der Waals surface area contributed by atoms with Gasteiger partial charge < -0.3 is 9.73 Å². The minimum Gasteiger partial charge on any atom is -0.451 e. The predicted octanol–water partition coefficient (Wildman–Crippen LogP) is 5.37. The molecule has 30 heavy (non-hydrogen) atoms. The van der Waals surface area contributed by atoms with Crippen molar-refractivity contribution in [2.45, 2.75) is 6.04 Å². The van der Waals surface area contributed by atoms with Gasteiger partial charge in [-0.25, -0.2) is 0 Å². The number of hydrogen-bond donors (Lipinski definition) is 1. The van der Waals surface area contributed by atoms with Crippen molar-refractivity contribution < 1.29 is 14.1 Å². The van der Waals surface area contributed by atoms with E-state index < -0.39 is 4.92 Å². The molecular formula is C24H18N2O4. The summed E-state index contributed by atoms with van der Waals surface area (Å²) in [5.74, 6) is 0.284. The van der Waals surface area contributed by atoms with Crippen molar-refractivity contribution in [1.29, 1.82) is 0 Å². The number of carbonyl (C=O) groups excluding carboxylic acids is 1. The number of amides is 1. The molecule has 6 nitrogen and oxygen atoms in total. The van der Waals surface area contributed by atoms with Gasteiger partial charge in [0.25, 0.3) is 11.6 Å². The summed E-state index contributed by atoms with van der Waals surface area (Å²) in [5.41, 5.74) is 2.57. The molecule has 1 N–H and O–H groups in total. The van der Waals surface area contributed by atoms with Crippen LogP contribution in [-0.2, 0) is 0 Å². The van der Waals surface area contributed by atoms with Gasteiger partial charge in [0.2, 0.25) is 0 Å². The Morgan fingerprint density at radius 2 is 1.37 bits per heavy atom. The quantitative estimate of drug-likeness (QED) is 0.349. The van der Waals surface area contributed by atoms with Gasteiger partial charge in [-0.1, -0.05) is 60.7 Å². The Morgan fingerprint density at radius 3 is 1.90 bits per heavy atom. The summed E-state index contributed by atoms with van der Waals surface area (Å²) in [6.45, 7) is 0. The molecule has 6 heteroatoms. The molecule has 0 aliphatic heterocycles. The van der Waals surface area contributed by atoms with Crippen LogP contribution in [0.4, 0.5) is 5.69 Å². The molecule has 3 aromatic carbocycles. The molecule has 0 fully saturated rings. The van der Waals surface area contributed by atoms with Crippen LogP contribution >= 0.6 is 0 Å². The van der Waals surface area contributed by atoms with E-state index in [1.54, 1.807) is 24.3 Å². The third-order valence-electron chi connectivity index (χ3n) is 4.73.